The highest BCUT2D eigenvalue weighted by Crippen LogP contribution is 2.29. The first kappa shape index (κ1) is 24.3. The Labute approximate surface area is 219 Å². The summed E-state index contributed by atoms with van der Waals surface area (Å²) in [5.74, 6) is -0.317. The summed E-state index contributed by atoms with van der Waals surface area (Å²) in [7, 11) is 0. The van der Waals surface area contributed by atoms with E-state index in [-0.39, 0.29) is 5.97 Å². The van der Waals surface area contributed by atoms with Gasteiger partial charge in [-0.3, -0.25) is 10.4 Å². The van der Waals surface area contributed by atoms with Gasteiger partial charge in [0, 0.05) is 51.9 Å². The summed E-state index contributed by atoms with van der Waals surface area (Å²) in [5.41, 5.74) is 9.29. The Balaban J connectivity index is 1.39. The number of fused-ring (bicyclic) bond motifs is 3. The largest absolute Gasteiger partial charge is 0.462 e. The minimum atomic E-state index is -0.317. The molecule has 37 heavy (non-hydrogen) atoms. The number of hydrogen-bond donors (Lipinski definition) is 3. The second-order valence-electron chi connectivity index (χ2n) is 8.44. The molecule has 3 N–H and O–H groups in total. The fourth-order valence-corrected chi connectivity index (χ4v) is 4.35. The number of nitrogens with zero attached hydrogens (tertiary/aromatic N) is 2. The van der Waals surface area contributed by atoms with Crippen LogP contribution in [0.5, 0.6) is 0 Å². The van der Waals surface area contributed by atoms with E-state index < -0.39 is 0 Å². The van der Waals surface area contributed by atoms with Gasteiger partial charge in [0.05, 0.1) is 35.1 Å². The maximum atomic E-state index is 11.9. The van der Waals surface area contributed by atoms with Crippen LogP contribution in [0.2, 0.25) is 5.02 Å². The van der Waals surface area contributed by atoms with Crippen molar-refractivity contribution in [3.63, 3.8) is 0 Å². The molecule has 0 atom stereocenters. The standard InChI is InChI=1S/C29H26ClN5O2/c1-2-37-29(36)19-8-11-21(12-9-19)31-15-14-26-24(18-33-35-22-6-4-3-5-7-22)25-17-32-27-16-20(30)10-13-23(27)28(25)34-26/h3-13,16-18,31,34-35H,2,14-15H2,1H3/b33-18+. The molecule has 0 spiro atoms. The maximum Gasteiger partial charge on any atom is 0.338 e. The van der Waals surface area contributed by atoms with Gasteiger partial charge in [-0.25, -0.2) is 4.79 Å². The van der Waals surface area contributed by atoms with Crippen LogP contribution in [-0.2, 0) is 11.2 Å². The van der Waals surface area contributed by atoms with Crippen molar-refractivity contribution < 1.29 is 9.53 Å². The fourth-order valence-electron chi connectivity index (χ4n) is 4.19. The van der Waals surface area contributed by atoms with Crippen molar-refractivity contribution in [3.05, 3.63) is 101 Å². The number of H-pyrrole nitrogens is 1. The summed E-state index contributed by atoms with van der Waals surface area (Å²) in [5, 5.41) is 10.6. The Hall–Kier alpha value is -4.36. The van der Waals surface area contributed by atoms with Crippen LogP contribution >= 0.6 is 11.6 Å². The van der Waals surface area contributed by atoms with Gasteiger partial charge in [-0.1, -0.05) is 29.8 Å². The molecule has 0 aliphatic carbocycles. The molecule has 8 heteroatoms. The summed E-state index contributed by atoms with van der Waals surface area (Å²) < 4.78 is 5.05. The normalized spacial score (nSPS) is 11.3. The van der Waals surface area contributed by atoms with E-state index in [4.69, 9.17) is 16.3 Å². The summed E-state index contributed by atoms with van der Waals surface area (Å²) >= 11 is 6.19. The van der Waals surface area contributed by atoms with Gasteiger partial charge in [-0.15, -0.1) is 0 Å². The Morgan fingerprint density at radius 2 is 1.86 bits per heavy atom. The monoisotopic (exact) mass is 511 g/mol. The van der Waals surface area contributed by atoms with Gasteiger partial charge < -0.3 is 15.0 Å². The lowest BCUT2D eigenvalue weighted by Crippen LogP contribution is -2.08. The molecule has 0 bridgehead atoms. The van der Waals surface area contributed by atoms with E-state index in [0.717, 1.165) is 50.9 Å². The number of halogens is 1. The molecule has 0 radical (unpaired) electrons. The second-order valence-corrected chi connectivity index (χ2v) is 8.87. The van der Waals surface area contributed by atoms with Crippen molar-refractivity contribution in [3.8, 4) is 0 Å². The Bertz CT molecular complexity index is 1560. The lowest BCUT2D eigenvalue weighted by atomic mass is 10.1. The molecular weight excluding hydrogens is 486 g/mol. The van der Waals surface area contributed by atoms with E-state index in [0.29, 0.717) is 23.7 Å². The fraction of sp³-hybridized carbons (Fsp3) is 0.138. The number of benzene rings is 3. The minimum absolute atomic E-state index is 0.317. The highest BCUT2D eigenvalue weighted by atomic mass is 35.5. The van der Waals surface area contributed by atoms with Crippen LogP contribution in [0.1, 0.15) is 28.5 Å². The van der Waals surface area contributed by atoms with E-state index in [1.165, 1.54) is 0 Å². The molecule has 0 saturated carbocycles. The topological polar surface area (TPSA) is 91.4 Å². The number of carbonyl (C=O) groups excluding carboxylic acids is 1. The highest BCUT2D eigenvalue weighted by Gasteiger charge is 2.14. The van der Waals surface area contributed by atoms with E-state index >= 15 is 0 Å². The number of rotatable bonds is 9. The number of ether oxygens (including phenoxy) is 1. The quantitative estimate of drug-likeness (QED) is 0.117. The number of pyridine rings is 1. The predicted molar refractivity (Wildman–Crippen MR) is 151 cm³/mol. The van der Waals surface area contributed by atoms with Gasteiger partial charge in [0.1, 0.15) is 0 Å². The molecule has 5 aromatic rings. The number of aromatic amines is 1. The number of anilines is 2. The third kappa shape index (κ3) is 5.57. The van der Waals surface area contributed by atoms with Crippen molar-refractivity contribution in [1.29, 1.82) is 0 Å². The summed E-state index contributed by atoms with van der Waals surface area (Å²) in [6, 6.07) is 22.8. The number of hydrazone groups is 1. The first-order valence-corrected chi connectivity index (χ1v) is 12.4. The van der Waals surface area contributed by atoms with Crippen LogP contribution < -0.4 is 10.7 Å². The van der Waals surface area contributed by atoms with Crippen LogP contribution in [0.4, 0.5) is 11.4 Å². The summed E-state index contributed by atoms with van der Waals surface area (Å²) in [6.45, 7) is 2.83. The van der Waals surface area contributed by atoms with Crippen LogP contribution in [0.15, 0.2) is 84.1 Å². The number of carbonyl (C=O) groups is 1. The number of para-hydroxylation sites is 1. The lowest BCUT2D eigenvalue weighted by molar-refractivity contribution is 0.0526. The molecule has 0 aliphatic heterocycles. The Morgan fingerprint density at radius 1 is 1.05 bits per heavy atom. The smallest absolute Gasteiger partial charge is 0.338 e. The third-order valence-electron chi connectivity index (χ3n) is 5.98. The molecule has 2 heterocycles. The molecule has 7 nitrogen and oxygen atoms in total. The molecule has 3 aromatic carbocycles. The van der Waals surface area contributed by atoms with Crippen molar-refractivity contribution in [1.82, 2.24) is 9.97 Å². The average Bonchev–Trinajstić information content (AvgIpc) is 3.27. The minimum Gasteiger partial charge on any atom is -0.462 e. The van der Waals surface area contributed by atoms with E-state index in [1.807, 2.05) is 73.1 Å². The van der Waals surface area contributed by atoms with Crippen LogP contribution in [0, 0.1) is 0 Å². The number of nitrogens with one attached hydrogen (secondary N) is 3. The van der Waals surface area contributed by atoms with Crippen molar-refractivity contribution in [2.24, 2.45) is 5.10 Å². The van der Waals surface area contributed by atoms with Crippen LogP contribution in [-0.4, -0.2) is 35.3 Å². The Kier molecular flexibility index (Phi) is 7.33. The van der Waals surface area contributed by atoms with Gasteiger partial charge >= 0.3 is 5.97 Å². The van der Waals surface area contributed by atoms with Crippen molar-refractivity contribution in [2.75, 3.05) is 23.9 Å². The van der Waals surface area contributed by atoms with Crippen molar-refractivity contribution in [2.45, 2.75) is 13.3 Å². The summed E-state index contributed by atoms with van der Waals surface area (Å²) in [4.78, 5) is 20.1. The third-order valence-corrected chi connectivity index (χ3v) is 6.22. The van der Waals surface area contributed by atoms with E-state index in [2.05, 4.69) is 25.8 Å². The molecule has 2 aromatic heterocycles. The maximum absolute atomic E-state index is 11.9. The molecule has 0 unspecified atom stereocenters. The highest BCUT2D eigenvalue weighted by molar-refractivity contribution is 6.31. The molecule has 0 aliphatic rings. The first-order valence-electron chi connectivity index (χ1n) is 12.1. The first-order chi connectivity index (χ1) is 18.1. The molecule has 0 amide bonds. The van der Waals surface area contributed by atoms with E-state index in [9.17, 15) is 4.79 Å². The molecular formula is C29H26ClN5O2. The van der Waals surface area contributed by atoms with Gasteiger partial charge in [0.2, 0.25) is 0 Å². The SMILES string of the molecule is CCOC(=O)c1ccc(NCCc2[nH]c3c(cnc4cc(Cl)ccc43)c2/C=N/Nc2ccccc2)cc1. The molecule has 5 rings (SSSR count). The van der Waals surface area contributed by atoms with E-state index in [1.54, 1.807) is 19.1 Å². The van der Waals surface area contributed by atoms with Gasteiger partial charge in [-0.05, 0) is 61.5 Å². The van der Waals surface area contributed by atoms with Gasteiger partial charge in [0.25, 0.3) is 0 Å². The van der Waals surface area contributed by atoms with Crippen LogP contribution in [0.3, 0.4) is 0 Å². The zero-order chi connectivity index (χ0) is 25.6. The number of hydrogen-bond acceptors (Lipinski definition) is 6. The zero-order valence-electron chi connectivity index (χ0n) is 20.3. The second kappa shape index (κ2) is 11.1. The molecule has 186 valence electrons. The predicted octanol–water partition coefficient (Wildman–Crippen LogP) is 6.65. The van der Waals surface area contributed by atoms with Crippen molar-refractivity contribution >= 4 is 57.0 Å². The average molecular weight is 512 g/mol. The van der Waals surface area contributed by atoms with Gasteiger partial charge in [-0.2, -0.15) is 5.10 Å². The molecule has 0 saturated heterocycles. The number of esters is 1. The molecule has 0 fully saturated rings. The van der Waals surface area contributed by atoms with Gasteiger partial charge in [0.15, 0.2) is 0 Å². The zero-order valence-corrected chi connectivity index (χ0v) is 21.0. The van der Waals surface area contributed by atoms with Crippen LogP contribution in [0.25, 0.3) is 21.8 Å². The number of aromatic nitrogens is 2. The lowest BCUT2D eigenvalue weighted by Gasteiger charge is -2.08. The Morgan fingerprint density at radius 3 is 2.65 bits per heavy atom. The summed E-state index contributed by atoms with van der Waals surface area (Å²) in [6.07, 6.45) is 4.41.